The second-order valence-corrected chi connectivity index (χ2v) is 12.1. The van der Waals surface area contributed by atoms with Crippen molar-refractivity contribution in [2.75, 3.05) is 7.11 Å². The van der Waals surface area contributed by atoms with Gasteiger partial charge < -0.3 is 37.3 Å². The van der Waals surface area contributed by atoms with Crippen LogP contribution in [0.25, 0.3) is 55.7 Å². The molecule has 0 unspecified atom stereocenters. The first kappa shape index (κ1) is 38.2. The topological polar surface area (TPSA) is 201 Å². The molecule has 15 nitrogen and oxygen atoms in total. The van der Waals surface area contributed by atoms with Gasteiger partial charge in [-0.2, -0.15) is 0 Å². The molecule has 0 fully saturated rings. The lowest BCUT2D eigenvalue weighted by molar-refractivity contribution is -0.133. The van der Waals surface area contributed by atoms with Crippen molar-refractivity contribution in [3.8, 4) is 68.3 Å². The Morgan fingerprint density at radius 1 is 0.482 bits per heavy atom. The molecule has 56 heavy (non-hydrogen) atoms. The van der Waals surface area contributed by atoms with Crippen LogP contribution in [0.3, 0.4) is 0 Å². The summed E-state index contributed by atoms with van der Waals surface area (Å²) in [5.41, 5.74) is -0.696. The molecule has 2 heterocycles. The molecular weight excluding hydrogens is 732 g/mol. The number of esters is 5. The molecule has 0 bridgehead atoms. The van der Waals surface area contributed by atoms with Gasteiger partial charge in [-0.05, 0) is 42.5 Å². The molecule has 0 spiro atoms. The van der Waals surface area contributed by atoms with Crippen LogP contribution in [-0.2, 0) is 24.0 Å². The summed E-state index contributed by atoms with van der Waals surface area (Å²) in [4.78, 5) is 87.4. The minimum absolute atomic E-state index is 0.00922. The van der Waals surface area contributed by atoms with E-state index in [1.165, 1.54) is 69.5 Å². The average molecular weight is 763 g/mol. The maximum atomic E-state index is 13.9. The molecule has 0 N–H and O–H groups in total. The van der Waals surface area contributed by atoms with Crippen LogP contribution in [-0.4, -0.2) is 37.0 Å². The average Bonchev–Trinajstić information content (AvgIpc) is 3.10. The molecule has 0 aliphatic carbocycles. The summed E-state index contributed by atoms with van der Waals surface area (Å²) < 4.78 is 44.8. The third-order valence-electron chi connectivity index (χ3n) is 7.87. The minimum atomic E-state index is -0.781. The second kappa shape index (κ2) is 15.4. The van der Waals surface area contributed by atoms with Gasteiger partial charge in [0.25, 0.3) is 0 Å². The molecule has 0 aliphatic heterocycles. The molecular formula is C41H30O15. The van der Waals surface area contributed by atoms with E-state index >= 15 is 0 Å². The molecule has 2 aromatic heterocycles. The number of ether oxygens (including phenoxy) is 6. The zero-order valence-electron chi connectivity index (χ0n) is 30.6. The smallest absolute Gasteiger partial charge is 0.308 e. The predicted molar refractivity (Wildman–Crippen MR) is 198 cm³/mol. The van der Waals surface area contributed by atoms with Crippen LogP contribution in [0, 0.1) is 0 Å². The van der Waals surface area contributed by atoms with E-state index in [1.807, 2.05) is 0 Å². The fraction of sp³-hybridized carbons (Fsp3) is 0.146. The van der Waals surface area contributed by atoms with E-state index in [-0.39, 0.29) is 84.6 Å². The quantitative estimate of drug-likeness (QED) is 0.113. The first-order valence-electron chi connectivity index (χ1n) is 16.6. The fourth-order valence-electron chi connectivity index (χ4n) is 5.89. The van der Waals surface area contributed by atoms with E-state index in [0.29, 0.717) is 5.56 Å². The number of carbonyl (C=O) groups is 5. The van der Waals surface area contributed by atoms with Crippen molar-refractivity contribution in [2.24, 2.45) is 0 Å². The number of hydrogen-bond acceptors (Lipinski definition) is 15. The summed E-state index contributed by atoms with van der Waals surface area (Å²) in [7, 11) is 1.37. The summed E-state index contributed by atoms with van der Waals surface area (Å²) >= 11 is 0. The van der Waals surface area contributed by atoms with E-state index in [0.717, 1.165) is 26.8 Å². The van der Waals surface area contributed by atoms with Crippen LogP contribution in [0.1, 0.15) is 34.6 Å². The lowest BCUT2D eigenvalue weighted by Crippen LogP contribution is -2.11. The van der Waals surface area contributed by atoms with Crippen molar-refractivity contribution in [2.45, 2.75) is 34.6 Å². The number of rotatable bonds is 9. The van der Waals surface area contributed by atoms with Gasteiger partial charge in [0.05, 0.1) is 12.7 Å². The van der Waals surface area contributed by atoms with Gasteiger partial charge >= 0.3 is 29.8 Å². The molecule has 15 heteroatoms. The third-order valence-corrected chi connectivity index (χ3v) is 7.87. The number of fused-ring (bicyclic) bond motifs is 2. The highest BCUT2D eigenvalue weighted by atomic mass is 16.6. The van der Waals surface area contributed by atoms with Gasteiger partial charge in [0.15, 0.2) is 16.4 Å². The van der Waals surface area contributed by atoms with Gasteiger partial charge in [0.2, 0.25) is 0 Å². The SMILES string of the molecule is COc1ccc(-c2cc(=O)c3c(OC(C)=O)cc(OC(C)=O)cc3o2)cc1-c1c(OC(C)=O)cc(OC(C)=O)c2c(=O)cc(-c3ccc(OC(C)=O)cc3)oc12. The Morgan fingerprint density at radius 2 is 1.00 bits per heavy atom. The van der Waals surface area contributed by atoms with Crippen molar-refractivity contribution in [1.82, 2.24) is 0 Å². The van der Waals surface area contributed by atoms with Gasteiger partial charge in [0.1, 0.15) is 62.4 Å². The molecule has 6 rings (SSSR count). The Labute approximate surface area is 315 Å². The third kappa shape index (κ3) is 8.01. The molecule has 4 aromatic carbocycles. The lowest BCUT2D eigenvalue weighted by atomic mass is 9.96. The summed E-state index contributed by atoms with van der Waals surface area (Å²) in [6, 6.07) is 16.7. The standard InChI is InChI=1S/C41H30O15/c1-19(42)50-26-10-7-24(8-11-26)32-17-30(48)40-37(54-23(5)46)18-36(53-22(4)45)38(41(40)56-32)28-13-25(9-12-31(28)49-6)33-16-29(47)39-34(52-21(3)44)14-27(51-20(2)43)15-35(39)55-33/h7-18H,1-6H3. The normalized spacial score (nSPS) is 10.8. The monoisotopic (exact) mass is 762 g/mol. The van der Waals surface area contributed by atoms with Crippen LogP contribution >= 0.6 is 0 Å². The van der Waals surface area contributed by atoms with Crippen molar-refractivity contribution in [3.63, 3.8) is 0 Å². The lowest BCUT2D eigenvalue weighted by Gasteiger charge is -2.18. The zero-order chi connectivity index (χ0) is 40.4. The molecule has 0 radical (unpaired) electrons. The Morgan fingerprint density at radius 3 is 1.59 bits per heavy atom. The summed E-state index contributed by atoms with van der Waals surface area (Å²) in [5, 5.41) is -0.292. The highest BCUT2D eigenvalue weighted by molar-refractivity contribution is 6.03. The van der Waals surface area contributed by atoms with Crippen LogP contribution < -0.4 is 39.3 Å². The molecule has 0 saturated heterocycles. The van der Waals surface area contributed by atoms with Crippen molar-refractivity contribution < 1.29 is 61.2 Å². The minimum Gasteiger partial charge on any atom is -0.496 e. The van der Waals surface area contributed by atoms with E-state index in [1.54, 1.807) is 18.2 Å². The Balaban J connectivity index is 1.65. The van der Waals surface area contributed by atoms with Gasteiger partial charge in [-0.15, -0.1) is 0 Å². The van der Waals surface area contributed by atoms with E-state index in [9.17, 15) is 33.6 Å². The number of hydrogen-bond donors (Lipinski definition) is 0. The zero-order valence-corrected chi connectivity index (χ0v) is 30.6. The first-order chi connectivity index (χ1) is 26.6. The molecule has 0 atom stereocenters. The van der Waals surface area contributed by atoms with E-state index in [2.05, 4.69) is 0 Å². The van der Waals surface area contributed by atoms with Crippen molar-refractivity contribution in [1.29, 1.82) is 0 Å². The summed E-state index contributed by atoms with van der Waals surface area (Å²) in [6.07, 6.45) is 0. The Bertz CT molecular complexity index is 2740. The van der Waals surface area contributed by atoms with Gasteiger partial charge in [-0.25, -0.2) is 0 Å². The van der Waals surface area contributed by atoms with Gasteiger partial charge in [-0.1, -0.05) is 0 Å². The van der Waals surface area contributed by atoms with Gasteiger partial charge in [0, 0.05) is 81.6 Å². The van der Waals surface area contributed by atoms with E-state index in [4.69, 9.17) is 37.3 Å². The maximum absolute atomic E-state index is 13.9. The van der Waals surface area contributed by atoms with Crippen molar-refractivity contribution >= 4 is 51.8 Å². The Hall–Kier alpha value is -7.55. The first-order valence-corrected chi connectivity index (χ1v) is 16.6. The molecule has 284 valence electrons. The number of carbonyl (C=O) groups excluding carboxylic acids is 5. The molecule has 0 saturated carbocycles. The second-order valence-electron chi connectivity index (χ2n) is 12.1. The largest absolute Gasteiger partial charge is 0.496 e. The van der Waals surface area contributed by atoms with Crippen LogP contribution in [0.4, 0.5) is 0 Å². The highest BCUT2D eigenvalue weighted by Gasteiger charge is 2.27. The molecule has 0 aliphatic rings. The summed E-state index contributed by atoms with van der Waals surface area (Å²) in [6.45, 7) is 5.82. The van der Waals surface area contributed by atoms with Crippen LogP contribution in [0.15, 0.2) is 91.2 Å². The number of methoxy groups -OCH3 is 1. The number of benzene rings is 4. The molecule has 6 aromatic rings. The van der Waals surface area contributed by atoms with Gasteiger partial charge in [-0.3, -0.25) is 33.6 Å². The van der Waals surface area contributed by atoms with Crippen molar-refractivity contribution in [3.05, 3.63) is 93.2 Å². The van der Waals surface area contributed by atoms with E-state index < -0.39 is 40.7 Å². The predicted octanol–water partition coefficient (Wildman–Crippen LogP) is 6.54. The molecule has 0 amide bonds. The fourth-order valence-corrected chi connectivity index (χ4v) is 5.89. The highest BCUT2D eigenvalue weighted by Crippen LogP contribution is 2.47. The van der Waals surface area contributed by atoms with Crippen LogP contribution in [0.5, 0.6) is 34.5 Å². The Kier molecular flexibility index (Phi) is 10.5. The maximum Gasteiger partial charge on any atom is 0.308 e. The summed E-state index contributed by atoms with van der Waals surface area (Å²) in [5.74, 6) is -3.77. The van der Waals surface area contributed by atoms with Crippen LogP contribution in [0.2, 0.25) is 0 Å².